The number of thioether (sulfide) groups is 1. The zero-order valence-electron chi connectivity index (χ0n) is 21.0. The summed E-state index contributed by atoms with van der Waals surface area (Å²) < 4.78 is 18.5. The largest absolute Gasteiger partial charge is 0.496 e. The van der Waals surface area contributed by atoms with Gasteiger partial charge in [-0.25, -0.2) is 4.39 Å². The summed E-state index contributed by atoms with van der Waals surface area (Å²) in [5.74, 6) is -0.817. The number of para-hydroxylation sites is 1. The number of anilines is 1. The number of Topliss-reactive ketones (excluding diaryl/α,β-unsaturated/α-hetero) is 1. The summed E-state index contributed by atoms with van der Waals surface area (Å²) in [5.41, 5.74) is 1.95. The second-order valence-electron chi connectivity index (χ2n) is 8.32. The molecule has 0 bridgehead atoms. The standard InChI is InChI=1S/C31H25FN2O4S/c1-38-29-13-6-5-10-23(29)18-27(34-30(36)22-8-3-2-4-9-22)31(37)33-25-11-7-12-26(19-25)39-20-28(35)21-14-16-24(32)17-15-21/h2-19H,20H2,1H3,(H,33,37)(H,34,36)/b27-18-. The quantitative estimate of drug-likeness (QED) is 0.142. The lowest BCUT2D eigenvalue weighted by Crippen LogP contribution is -2.30. The van der Waals surface area contributed by atoms with Gasteiger partial charge in [0.1, 0.15) is 17.3 Å². The topological polar surface area (TPSA) is 84.5 Å². The van der Waals surface area contributed by atoms with E-state index >= 15 is 0 Å². The van der Waals surface area contributed by atoms with E-state index in [0.717, 1.165) is 4.90 Å². The number of carbonyl (C=O) groups is 3. The highest BCUT2D eigenvalue weighted by molar-refractivity contribution is 8.00. The maximum Gasteiger partial charge on any atom is 0.272 e. The molecule has 0 aromatic heterocycles. The van der Waals surface area contributed by atoms with Gasteiger partial charge in [-0.15, -0.1) is 11.8 Å². The number of ketones is 1. The van der Waals surface area contributed by atoms with Crippen molar-refractivity contribution in [2.75, 3.05) is 18.2 Å². The van der Waals surface area contributed by atoms with E-state index in [2.05, 4.69) is 10.6 Å². The van der Waals surface area contributed by atoms with Crippen LogP contribution in [-0.4, -0.2) is 30.5 Å². The number of benzene rings is 4. The third kappa shape index (κ3) is 7.66. The number of carbonyl (C=O) groups excluding carboxylic acids is 3. The summed E-state index contributed by atoms with van der Waals surface area (Å²) >= 11 is 1.30. The number of nitrogens with one attached hydrogen (secondary N) is 2. The summed E-state index contributed by atoms with van der Waals surface area (Å²) in [6.07, 6.45) is 1.55. The fourth-order valence-electron chi connectivity index (χ4n) is 3.61. The number of halogens is 1. The molecule has 0 spiro atoms. The van der Waals surface area contributed by atoms with Crippen molar-refractivity contribution in [2.45, 2.75) is 4.90 Å². The van der Waals surface area contributed by atoms with Gasteiger partial charge in [0.15, 0.2) is 5.78 Å². The average molecular weight is 541 g/mol. The zero-order chi connectivity index (χ0) is 27.6. The van der Waals surface area contributed by atoms with Crippen molar-refractivity contribution in [2.24, 2.45) is 0 Å². The van der Waals surface area contributed by atoms with Crippen LogP contribution >= 0.6 is 11.8 Å². The Morgan fingerprint density at radius 1 is 0.846 bits per heavy atom. The van der Waals surface area contributed by atoms with Crippen molar-refractivity contribution in [3.05, 3.63) is 131 Å². The van der Waals surface area contributed by atoms with E-state index < -0.39 is 17.6 Å². The van der Waals surface area contributed by atoms with Crippen LogP contribution in [0.3, 0.4) is 0 Å². The molecule has 39 heavy (non-hydrogen) atoms. The highest BCUT2D eigenvalue weighted by Gasteiger charge is 2.16. The van der Waals surface area contributed by atoms with Crippen molar-refractivity contribution < 1.29 is 23.5 Å². The van der Waals surface area contributed by atoms with Crippen LogP contribution < -0.4 is 15.4 Å². The fourth-order valence-corrected chi connectivity index (χ4v) is 4.46. The van der Waals surface area contributed by atoms with Gasteiger partial charge in [0.2, 0.25) is 0 Å². The van der Waals surface area contributed by atoms with Crippen LogP contribution in [-0.2, 0) is 4.79 Å². The molecule has 0 unspecified atom stereocenters. The first-order valence-electron chi connectivity index (χ1n) is 12.0. The Hall–Kier alpha value is -4.69. The van der Waals surface area contributed by atoms with Crippen LogP contribution in [0.4, 0.5) is 10.1 Å². The van der Waals surface area contributed by atoms with Crippen LogP contribution in [0.25, 0.3) is 6.08 Å². The highest BCUT2D eigenvalue weighted by Crippen LogP contribution is 2.24. The first-order chi connectivity index (χ1) is 18.9. The molecule has 0 atom stereocenters. The Labute approximate surface area is 229 Å². The summed E-state index contributed by atoms with van der Waals surface area (Å²) in [6, 6.07) is 28.2. The second kappa shape index (κ2) is 13.2. The molecular formula is C31H25FN2O4S. The third-order valence-corrected chi connectivity index (χ3v) is 6.59. The summed E-state index contributed by atoms with van der Waals surface area (Å²) in [5, 5.41) is 5.53. The molecule has 4 rings (SSSR count). The Morgan fingerprint density at radius 2 is 1.56 bits per heavy atom. The van der Waals surface area contributed by atoms with Gasteiger partial charge in [0.05, 0.1) is 12.9 Å². The minimum Gasteiger partial charge on any atom is -0.496 e. The van der Waals surface area contributed by atoms with Crippen molar-refractivity contribution >= 4 is 41.1 Å². The Kier molecular flexibility index (Phi) is 9.26. The molecule has 2 N–H and O–H groups in total. The molecule has 0 saturated carbocycles. The van der Waals surface area contributed by atoms with E-state index in [4.69, 9.17) is 4.74 Å². The lowest BCUT2D eigenvalue weighted by atomic mass is 10.1. The van der Waals surface area contributed by atoms with Crippen LogP contribution in [0.1, 0.15) is 26.3 Å². The lowest BCUT2D eigenvalue weighted by molar-refractivity contribution is -0.113. The summed E-state index contributed by atoms with van der Waals surface area (Å²) in [7, 11) is 1.53. The first kappa shape index (κ1) is 27.3. The average Bonchev–Trinajstić information content (AvgIpc) is 2.96. The van der Waals surface area contributed by atoms with E-state index in [9.17, 15) is 18.8 Å². The van der Waals surface area contributed by atoms with Gasteiger partial charge in [-0.1, -0.05) is 42.5 Å². The van der Waals surface area contributed by atoms with Gasteiger partial charge in [-0.3, -0.25) is 14.4 Å². The molecule has 0 saturated heterocycles. The molecular weight excluding hydrogens is 515 g/mol. The predicted octanol–water partition coefficient (Wildman–Crippen LogP) is 6.22. The molecule has 8 heteroatoms. The molecule has 0 aliphatic carbocycles. The smallest absolute Gasteiger partial charge is 0.272 e. The Morgan fingerprint density at radius 3 is 2.31 bits per heavy atom. The van der Waals surface area contributed by atoms with Crippen LogP contribution in [0.15, 0.2) is 114 Å². The maximum absolute atomic E-state index is 13.3. The van der Waals surface area contributed by atoms with Crippen LogP contribution in [0, 0.1) is 5.82 Å². The molecule has 6 nitrogen and oxygen atoms in total. The fraction of sp³-hybridized carbons (Fsp3) is 0.0645. The maximum atomic E-state index is 13.3. The van der Waals surface area contributed by atoms with Crippen molar-refractivity contribution in [3.8, 4) is 5.75 Å². The normalized spacial score (nSPS) is 11.0. The minimum atomic E-state index is -0.533. The van der Waals surface area contributed by atoms with E-state index in [1.54, 1.807) is 72.8 Å². The molecule has 0 radical (unpaired) electrons. The van der Waals surface area contributed by atoms with Gasteiger partial charge in [0.25, 0.3) is 11.8 Å². The predicted molar refractivity (Wildman–Crippen MR) is 151 cm³/mol. The van der Waals surface area contributed by atoms with Gasteiger partial charge < -0.3 is 15.4 Å². The van der Waals surface area contributed by atoms with E-state index in [1.165, 1.54) is 43.1 Å². The van der Waals surface area contributed by atoms with E-state index in [0.29, 0.717) is 28.1 Å². The molecule has 0 fully saturated rings. The summed E-state index contributed by atoms with van der Waals surface area (Å²) in [6.45, 7) is 0. The Balaban J connectivity index is 1.51. The van der Waals surface area contributed by atoms with Crippen LogP contribution in [0.5, 0.6) is 5.75 Å². The van der Waals surface area contributed by atoms with Crippen molar-refractivity contribution in [3.63, 3.8) is 0 Å². The molecule has 0 aliphatic heterocycles. The van der Waals surface area contributed by atoms with Crippen LogP contribution in [0.2, 0.25) is 0 Å². The third-order valence-electron chi connectivity index (χ3n) is 5.60. The van der Waals surface area contributed by atoms with E-state index in [1.807, 2.05) is 12.1 Å². The molecule has 196 valence electrons. The number of rotatable bonds is 10. The van der Waals surface area contributed by atoms with Gasteiger partial charge in [-0.05, 0) is 66.7 Å². The molecule has 2 amide bonds. The van der Waals surface area contributed by atoms with Gasteiger partial charge >= 0.3 is 0 Å². The van der Waals surface area contributed by atoms with Crippen molar-refractivity contribution in [1.82, 2.24) is 5.32 Å². The Bertz CT molecular complexity index is 1500. The molecule has 0 aliphatic rings. The summed E-state index contributed by atoms with van der Waals surface area (Å²) in [4.78, 5) is 39.4. The number of hydrogen-bond donors (Lipinski definition) is 2. The monoisotopic (exact) mass is 540 g/mol. The number of hydrogen-bond acceptors (Lipinski definition) is 5. The number of amides is 2. The highest BCUT2D eigenvalue weighted by atomic mass is 32.2. The molecule has 4 aromatic carbocycles. The second-order valence-corrected chi connectivity index (χ2v) is 9.37. The number of ether oxygens (including phenoxy) is 1. The minimum absolute atomic E-state index is 0.0258. The lowest BCUT2D eigenvalue weighted by Gasteiger charge is -2.13. The zero-order valence-corrected chi connectivity index (χ0v) is 21.8. The first-order valence-corrected chi connectivity index (χ1v) is 13.0. The molecule has 0 heterocycles. The molecule has 4 aromatic rings. The number of methoxy groups -OCH3 is 1. The van der Waals surface area contributed by atoms with E-state index in [-0.39, 0.29) is 17.2 Å². The SMILES string of the molecule is COc1ccccc1/C=C(\NC(=O)c1ccccc1)C(=O)Nc1cccc(SCC(=O)c2ccc(F)cc2)c1. The van der Waals surface area contributed by atoms with Crippen molar-refractivity contribution in [1.29, 1.82) is 0 Å². The van der Waals surface area contributed by atoms with Gasteiger partial charge in [-0.2, -0.15) is 0 Å². The van der Waals surface area contributed by atoms with Gasteiger partial charge in [0, 0.05) is 27.3 Å².